The van der Waals surface area contributed by atoms with Crippen LogP contribution in [-0.4, -0.2) is 28.0 Å². The maximum atomic E-state index is 5.73. The van der Waals surface area contributed by atoms with E-state index in [1.54, 1.807) is 17.5 Å². The Hall–Kier alpha value is -1.30. The van der Waals surface area contributed by atoms with Crippen molar-refractivity contribution in [3.63, 3.8) is 0 Å². The highest BCUT2D eigenvalue weighted by atomic mass is 32.1. The van der Waals surface area contributed by atoms with E-state index in [4.69, 9.17) is 18.0 Å². The van der Waals surface area contributed by atoms with Crippen LogP contribution in [-0.2, 0) is 13.0 Å². The van der Waals surface area contributed by atoms with Crippen LogP contribution in [0.15, 0.2) is 35.8 Å². The third kappa shape index (κ3) is 3.85. The molecule has 1 unspecified atom stereocenters. The molecule has 0 aliphatic carbocycles. The predicted octanol–water partition coefficient (Wildman–Crippen LogP) is 2.84. The third-order valence-corrected chi connectivity index (χ3v) is 4.47. The highest BCUT2D eigenvalue weighted by molar-refractivity contribution is 7.80. The smallest absolute Gasteiger partial charge is 0.123 e. The first-order chi connectivity index (χ1) is 9.58. The second kappa shape index (κ2) is 6.92. The fraction of sp³-hybridized carbons (Fsp3) is 0.333. The summed E-state index contributed by atoms with van der Waals surface area (Å²) < 4.78 is 0. The van der Waals surface area contributed by atoms with E-state index in [9.17, 15) is 0 Å². The summed E-state index contributed by atoms with van der Waals surface area (Å²) in [4.78, 5) is 8.35. The lowest BCUT2D eigenvalue weighted by atomic mass is 10.1. The van der Waals surface area contributed by atoms with E-state index in [1.807, 2.05) is 12.1 Å². The summed E-state index contributed by atoms with van der Waals surface area (Å²) in [6.07, 6.45) is 2.78. The molecule has 20 heavy (non-hydrogen) atoms. The summed E-state index contributed by atoms with van der Waals surface area (Å²) in [6.45, 7) is 3.03. The van der Waals surface area contributed by atoms with E-state index in [1.165, 1.54) is 4.88 Å². The largest absolute Gasteiger partial charge is 0.388 e. The molecule has 3 nitrogen and oxygen atoms in total. The first-order valence-electron chi connectivity index (χ1n) is 6.54. The molecule has 1 atom stereocenters. The van der Waals surface area contributed by atoms with Gasteiger partial charge in [-0.1, -0.05) is 24.4 Å². The molecular formula is C15H19N3S2. The van der Waals surface area contributed by atoms with Crippen LogP contribution < -0.4 is 5.73 Å². The summed E-state index contributed by atoms with van der Waals surface area (Å²) in [5.74, 6) is 0. The molecule has 0 aliphatic rings. The molecule has 2 N–H and O–H groups in total. The Morgan fingerprint density at radius 1 is 1.45 bits per heavy atom. The average Bonchev–Trinajstić information content (AvgIpc) is 2.91. The van der Waals surface area contributed by atoms with Gasteiger partial charge in [0.15, 0.2) is 0 Å². The summed E-state index contributed by atoms with van der Waals surface area (Å²) in [7, 11) is 2.12. The van der Waals surface area contributed by atoms with Crippen molar-refractivity contribution in [1.82, 2.24) is 9.88 Å². The standard InChI is InChI=1S/C15H19N3S2/c1-11(9-13-6-4-8-20-13)18(2)10-12-5-3-7-17-14(12)15(16)19/h3-8,11H,9-10H2,1-2H3,(H2,16,19). The van der Waals surface area contributed by atoms with Crippen LogP contribution in [0.4, 0.5) is 0 Å². The number of hydrogen-bond donors (Lipinski definition) is 1. The molecule has 2 aromatic rings. The van der Waals surface area contributed by atoms with Crippen molar-refractivity contribution in [2.45, 2.75) is 25.9 Å². The number of rotatable bonds is 6. The van der Waals surface area contributed by atoms with Crippen LogP contribution in [0.3, 0.4) is 0 Å². The number of thiocarbonyl (C=S) groups is 1. The van der Waals surface area contributed by atoms with E-state index >= 15 is 0 Å². The van der Waals surface area contributed by atoms with Gasteiger partial charge < -0.3 is 5.73 Å². The quantitative estimate of drug-likeness (QED) is 0.833. The Labute approximate surface area is 129 Å². The maximum Gasteiger partial charge on any atom is 0.123 e. The van der Waals surface area contributed by atoms with Gasteiger partial charge in [0.2, 0.25) is 0 Å². The van der Waals surface area contributed by atoms with Crippen molar-refractivity contribution in [3.8, 4) is 0 Å². The van der Waals surface area contributed by atoms with Crippen molar-refractivity contribution in [2.75, 3.05) is 7.05 Å². The molecule has 0 saturated carbocycles. The second-order valence-corrected chi connectivity index (χ2v) is 6.40. The number of aromatic nitrogens is 1. The molecule has 0 radical (unpaired) electrons. The molecule has 0 aromatic carbocycles. The minimum atomic E-state index is 0.361. The lowest BCUT2D eigenvalue weighted by Gasteiger charge is -2.25. The number of likely N-dealkylation sites (N-methyl/N-ethyl adjacent to an activating group) is 1. The second-order valence-electron chi connectivity index (χ2n) is 4.92. The molecule has 106 valence electrons. The number of nitrogens with zero attached hydrogens (tertiary/aromatic N) is 2. The molecule has 0 spiro atoms. The van der Waals surface area contributed by atoms with E-state index in [0.717, 1.165) is 24.2 Å². The Balaban J connectivity index is 2.04. The van der Waals surface area contributed by atoms with Crippen LogP contribution >= 0.6 is 23.6 Å². The van der Waals surface area contributed by atoms with Crippen LogP contribution in [0.5, 0.6) is 0 Å². The molecular weight excluding hydrogens is 286 g/mol. The maximum absolute atomic E-state index is 5.73. The Kier molecular flexibility index (Phi) is 5.23. The van der Waals surface area contributed by atoms with Gasteiger partial charge in [-0.25, -0.2) is 0 Å². The zero-order valence-electron chi connectivity index (χ0n) is 11.7. The van der Waals surface area contributed by atoms with Crippen molar-refractivity contribution in [2.24, 2.45) is 5.73 Å². The number of nitrogens with two attached hydrogens (primary N) is 1. The third-order valence-electron chi connectivity index (χ3n) is 3.37. The number of thiophene rings is 1. The molecule has 0 amide bonds. The fourth-order valence-corrected chi connectivity index (χ4v) is 3.10. The minimum absolute atomic E-state index is 0.361. The Morgan fingerprint density at radius 3 is 2.90 bits per heavy atom. The SMILES string of the molecule is CC(Cc1cccs1)N(C)Cc1cccnc1C(N)=S. The van der Waals surface area contributed by atoms with Crippen LogP contribution in [0.2, 0.25) is 0 Å². The van der Waals surface area contributed by atoms with Gasteiger partial charge in [0, 0.05) is 23.7 Å². The van der Waals surface area contributed by atoms with Gasteiger partial charge in [-0.05, 0) is 43.5 Å². The van der Waals surface area contributed by atoms with E-state index in [2.05, 4.69) is 41.4 Å². The molecule has 0 fully saturated rings. The number of pyridine rings is 1. The van der Waals surface area contributed by atoms with Crippen molar-refractivity contribution in [1.29, 1.82) is 0 Å². The Morgan fingerprint density at radius 2 is 2.25 bits per heavy atom. The first kappa shape index (κ1) is 15.1. The minimum Gasteiger partial charge on any atom is -0.388 e. The fourth-order valence-electron chi connectivity index (χ4n) is 2.09. The van der Waals surface area contributed by atoms with Crippen LogP contribution in [0.25, 0.3) is 0 Å². The van der Waals surface area contributed by atoms with Gasteiger partial charge in [-0.15, -0.1) is 11.3 Å². The van der Waals surface area contributed by atoms with Crippen LogP contribution in [0, 0.1) is 0 Å². The molecule has 2 heterocycles. The van der Waals surface area contributed by atoms with Crippen molar-refractivity contribution >= 4 is 28.5 Å². The summed E-state index contributed by atoms with van der Waals surface area (Å²) >= 11 is 6.86. The zero-order valence-corrected chi connectivity index (χ0v) is 13.4. The zero-order chi connectivity index (χ0) is 14.5. The van der Waals surface area contributed by atoms with Gasteiger partial charge in [-0.2, -0.15) is 0 Å². The van der Waals surface area contributed by atoms with E-state index in [0.29, 0.717) is 11.0 Å². The molecule has 2 aromatic heterocycles. The first-order valence-corrected chi connectivity index (χ1v) is 7.83. The highest BCUT2D eigenvalue weighted by Crippen LogP contribution is 2.16. The van der Waals surface area contributed by atoms with Crippen molar-refractivity contribution < 1.29 is 0 Å². The number of hydrogen-bond acceptors (Lipinski definition) is 4. The van der Waals surface area contributed by atoms with Gasteiger partial charge in [-0.3, -0.25) is 9.88 Å². The monoisotopic (exact) mass is 305 g/mol. The Bertz CT molecular complexity index is 566. The lowest BCUT2D eigenvalue weighted by Crippen LogP contribution is -2.31. The summed E-state index contributed by atoms with van der Waals surface area (Å²) in [5.41, 5.74) is 7.55. The van der Waals surface area contributed by atoms with Gasteiger partial charge >= 0.3 is 0 Å². The normalized spacial score (nSPS) is 12.6. The predicted molar refractivity (Wildman–Crippen MR) is 89.1 cm³/mol. The van der Waals surface area contributed by atoms with Gasteiger partial charge in [0.25, 0.3) is 0 Å². The van der Waals surface area contributed by atoms with E-state index < -0.39 is 0 Å². The summed E-state index contributed by atoms with van der Waals surface area (Å²) in [6, 6.07) is 8.69. The highest BCUT2D eigenvalue weighted by Gasteiger charge is 2.14. The van der Waals surface area contributed by atoms with Gasteiger partial charge in [0.05, 0.1) is 0 Å². The van der Waals surface area contributed by atoms with Crippen molar-refractivity contribution in [3.05, 3.63) is 52.0 Å². The molecule has 0 bridgehead atoms. The average molecular weight is 305 g/mol. The molecule has 5 heteroatoms. The molecule has 0 aliphatic heterocycles. The molecule has 2 rings (SSSR count). The topological polar surface area (TPSA) is 42.2 Å². The molecule has 0 saturated heterocycles. The van der Waals surface area contributed by atoms with Crippen LogP contribution in [0.1, 0.15) is 23.1 Å². The van der Waals surface area contributed by atoms with E-state index in [-0.39, 0.29) is 0 Å². The summed E-state index contributed by atoms with van der Waals surface area (Å²) in [5, 5.41) is 2.12. The lowest BCUT2D eigenvalue weighted by molar-refractivity contribution is 0.248. The van der Waals surface area contributed by atoms with Gasteiger partial charge in [0.1, 0.15) is 10.7 Å².